The average Bonchev–Trinajstić information content (AvgIpc) is 2.41. The second kappa shape index (κ2) is 6.11. The summed E-state index contributed by atoms with van der Waals surface area (Å²) in [7, 11) is 0. The van der Waals surface area contributed by atoms with E-state index in [0.717, 1.165) is 0 Å². The molecule has 0 spiro atoms. The van der Waals surface area contributed by atoms with Crippen LogP contribution in [0.1, 0.15) is 18.1 Å². The number of halogens is 1. The summed E-state index contributed by atoms with van der Waals surface area (Å²) in [5.74, 6) is -0.339. The molecular formula is C14H17FN2O2. The largest absolute Gasteiger partial charge is 0.394 e. The van der Waals surface area contributed by atoms with Gasteiger partial charge in [-0.1, -0.05) is 0 Å². The van der Waals surface area contributed by atoms with Gasteiger partial charge in [-0.2, -0.15) is 5.26 Å². The lowest BCUT2D eigenvalue weighted by molar-refractivity contribution is -0.0805. The van der Waals surface area contributed by atoms with Crippen LogP contribution in [0.25, 0.3) is 0 Å². The Morgan fingerprint density at radius 1 is 1.58 bits per heavy atom. The van der Waals surface area contributed by atoms with Gasteiger partial charge >= 0.3 is 0 Å². The predicted octanol–water partition coefficient (Wildman–Crippen LogP) is 1.28. The highest BCUT2D eigenvalue weighted by Crippen LogP contribution is 2.18. The summed E-state index contributed by atoms with van der Waals surface area (Å²) in [5.41, 5.74) is 1.16. The van der Waals surface area contributed by atoms with E-state index in [1.54, 1.807) is 0 Å². The van der Waals surface area contributed by atoms with Crippen molar-refractivity contribution in [2.75, 3.05) is 19.8 Å². The maximum atomic E-state index is 13.3. The Morgan fingerprint density at radius 2 is 2.37 bits per heavy atom. The quantitative estimate of drug-likeness (QED) is 0.893. The molecule has 1 saturated heterocycles. The highest BCUT2D eigenvalue weighted by Gasteiger charge is 2.26. The molecule has 1 aliphatic rings. The van der Waals surface area contributed by atoms with Crippen LogP contribution >= 0.6 is 0 Å². The summed E-state index contributed by atoms with van der Waals surface area (Å²) >= 11 is 0. The van der Waals surface area contributed by atoms with Crippen molar-refractivity contribution >= 4 is 0 Å². The van der Waals surface area contributed by atoms with Crippen molar-refractivity contribution in [3.8, 4) is 6.07 Å². The predicted molar refractivity (Wildman–Crippen MR) is 67.8 cm³/mol. The molecule has 5 heteroatoms. The molecule has 4 nitrogen and oxygen atoms in total. The molecule has 1 aliphatic heterocycles. The lowest BCUT2D eigenvalue weighted by Gasteiger charge is -2.37. The van der Waals surface area contributed by atoms with E-state index < -0.39 is 0 Å². The smallest absolute Gasteiger partial charge is 0.123 e. The number of morpholine rings is 1. The van der Waals surface area contributed by atoms with Gasteiger partial charge in [0.25, 0.3) is 0 Å². The van der Waals surface area contributed by atoms with E-state index in [0.29, 0.717) is 30.8 Å². The number of hydrogen-bond donors (Lipinski definition) is 1. The number of nitrogens with zero attached hydrogens (tertiary/aromatic N) is 2. The number of hydrogen-bond acceptors (Lipinski definition) is 4. The van der Waals surface area contributed by atoms with E-state index in [2.05, 4.69) is 11.0 Å². The molecular weight excluding hydrogens is 247 g/mol. The first-order chi connectivity index (χ1) is 9.13. The molecule has 1 heterocycles. The fourth-order valence-corrected chi connectivity index (χ4v) is 2.23. The van der Waals surface area contributed by atoms with Crippen LogP contribution in [-0.2, 0) is 11.3 Å². The number of ether oxygens (including phenoxy) is 1. The van der Waals surface area contributed by atoms with Crippen molar-refractivity contribution in [1.29, 1.82) is 5.26 Å². The van der Waals surface area contributed by atoms with Gasteiger partial charge in [0.1, 0.15) is 5.82 Å². The van der Waals surface area contributed by atoms with E-state index in [9.17, 15) is 4.39 Å². The minimum Gasteiger partial charge on any atom is -0.394 e. The number of rotatable bonds is 3. The van der Waals surface area contributed by atoms with Gasteiger partial charge in [0, 0.05) is 19.1 Å². The van der Waals surface area contributed by atoms with Gasteiger partial charge in [-0.25, -0.2) is 4.39 Å². The maximum absolute atomic E-state index is 13.3. The number of aliphatic hydroxyl groups is 1. The number of nitriles is 1. The van der Waals surface area contributed by atoms with Crippen LogP contribution in [0.4, 0.5) is 4.39 Å². The van der Waals surface area contributed by atoms with Crippen molar-refractivity contribution in [1.82, 2.24) is 4.90 Å². The van der Waals surface area contributed by atoms with Crippen LogP contribution in [0.15, 0.2) is 18.2 Å². The number of benzene rings is 1. The van der Waals surface area contributed by atoms with Gasteiger partial charge < -0.3 is 9.84 Å². The Morgan fingerprint density at radius 3 is 3.05 bits per heavy atom. The van der Waals surface area contributed by atoms with Crippen molar-refractivity contribution in [3.63, 3.8) is 0 Å². The van der Waals surface area contributed by atoms with E-state index in [-0.39, 0.29) is 24.6 Å². The van der Waals surface area contributed by atoms with Crippen molar-refractivity contribution in [3.05, 3.63) is 35.1 Å². The molecule has 19 heavy (non-hydrogen) atoms. The van der Waals surface area contributed by atoms with Crippen molar-refractivity contribution in [2.45, 2.75) is 25.6 Å². The molecule has 2 unspecified atom stereocenters. The molecule has 0 amide bonds. The second-order valence-corrected chi connectivity index (χ2v) is 4.83. The number of aliphatic hydroxyl groups excluding tert-OH is 1. The van der Waals surface area contributed by atoms with E-state index in [4.69, 9.17) is 15.1 Å². The first-order valence-corrected chi connectivity index (χ1v) is 6.29. The van der Waals surface area contributed by atoms with Crippen LogP contribution in [0.3, 0.4) is 0 Å². The van der Waals surface area contributed by atoms with Gasteiger partial charge in [0.05, 0.1) is 31.0 Å². The minimum atomic E-state index is -0.339. The summed E-state index contributed by atoms with van der Waals surface area (Å²) in [6, 6.07) is 6.45. The van der Waals surface area contributed by atoms with Gasteiger partial charge in [-0.05, 0) is 30.7 Å². The SMILES string of the molecule is CC1COC(CO)CN1Cc1cc(F)ccc1C#N. The first kappa shape index (κ1) is 13.9. The molecule has 0 radical (unpaired) electrons. The standard InChI is InChI=1S/C14H17FN2O2/c1-10-9-19-14(8-18)7-17(10)6-12-4-13(15)3-2-11(12)5-16/h2-4,10,14,18H,6-9H2,1H3. The molecule has 1 N–H and O–H groups in total. The lowest BCUT2D eigenvalue weighted by atomic mass is 10.1. The lowest BCUT2D eigenvalue weighted by Crippen LogP contribution is -2.48. The third kappa shape index (κ3) is 3.29. The Labute approximate surface area is 112 Å². The Kier molecular flexibility index (Phi) is 4.48. The Balaban J connectivity index is 2.15. The molecule has 102 valence electrons. The zero-order chi connectivity index (χ0) is 13.8. The summed E-state index contributed by atoms with van der Waals surface area (Å²) in [4.78, 5) is 2.10. The topological polar surface area (TPSA) is 56.5 Å². The Bertz CT molecular complexity index is 487. The first-order valence-electron chi connectivity index (χ1n) is 6.29. The Hall–Kier alpha value is -1.48. The molecule has 0 aromatic heterocycles. The molecule has 0 bridgehead atoms. The van der Waals surface area contributed by atoms with Crippen LogP contribution < -0.4 is 0 Å². The fourth-order valence-electron chi connectivity index (χ4n) is 2.23. The average molecular weight is 264 g/mol. The highest BCUT2D eigenvalue weighted by atomic mass is 19.1. The van der Waals surface area contributed by atoms with Gasteiger partial charge in [0.2, 0.25) is 0 Å². The van der Waals surface area contributed by atoms with Crippen LogP contribution in [0.5, 0.6) is 0 Å². The monoisotopic (exact) mass is 264 g/mol. The normalized spacial score (nSPS) is 24.1. The van der Waals surface area contributed by atoms with Crippen LogP contribution in [0, 0.1) is 17.1 Å². The molecule has 0 aliphatic carbocycles. The highest BCUT2D eigenvalue weighted by molar-refractivity contribution is 5.37. The molecule has 1 aromatic carbocycles. The van der Waals surface area contributed by atoms with E-state index in [1.807, 2.05) is 6.92 Å². The van der Waals surface area contributed by atoms with Crippen LogP contribution in [0.2, 0.25) is 0 Å². The van der Waals surface area contributed by atoms with Crippen molar-refractivity contribution < 1.29 is 14.2 Å². The summed E-state index contributed by atoms with van der Waals surface area (Å²) in [6.07, 6.45) is -0.213. The molecule has 0 saturated carbocycles. The zero-order valence-corrected chi connectivity index (χ0v) is 10.8. The summed E-state index contributed by atoms with van der Waals surface area (Å²) in [6.45, 7) is 3.58. The third-order valence-electron chi connectivity index (χ3n) is 3.40. The minimum absolute atomic E-state index is 0.0303. The third-order valence-corrected chi connectivity index (χ3v) is 3.40. The molecule has 1 aromatic rings. The summed E-state index contributed by atoms with van der Waals surface area (Å²) < 4.78 is 18.7. The molecule has 2 rings (SSSR count). The van der Waals surface area contributed by atoms with E-state index in [1.165, 1.54) is 18.2 Å². The zero-order valence-electron chi connectivity index (χ0n) is 10.8. The fraction of sp³-hybridized carbons (Fsp3) is 0.500. The second-order valence-electron chi connectivity index (χ2n) is 4.83. The van der Waals surface area contributed by atoms with Gasteiger partial charge in [-0.3, -0.25) is 4.90 Å². The molecule has 1 fully saturated rings. The molecule has 2 atom stereocenters. The summed E-state index contributed by atoms with van der Waals surface area (Å²) in [5, 5.41) is 18.2. The van der Waals surface area contributed by atoms with Gasteiger partial charge in [-0.15, -0.1) is 0 Å². The maximum Gasteiger partial charge on any atom is 0.123 e. The van der Waals surface area contributed by atoms with E-state index >= 15 is 0 Å². The van der Waals surface area contributed by atoms with Crippen LogP contribution in [-0.4, -0.2) is 41.9 Å². The van der Waals surface area contributed by atoms with Gasteiger partial charge in [0.15, 0.2) is 0 Å². The van der Waals surface area contributed by atoms with Crippen molar-refractivity contribution in [2.24, 2.45) is 0 Å².